The molecule has 1 aromatic heterocycles. The van der Waals surface area contributed by atoms with E-state index < -0.39 is 52.7 Å². The van der Waals surface area contributed by atoms with Gasteiger partial charge in [-0.05, 0) is 121 Å². The van der Waals surface area contributed by atoms with Gasteiger partial charge in [0.25, 0.3) is 23.6 Å². The van der Waals surface area contributed by atoms with Gasteiger partial charge in [-0.2, -0.15) is 0 Å². The van der Waals surface area contributed by atoms with Gasteiger partial charge in [-0.1, -0.05) is 12.1 Å². The first-order chi connectivity index (χ1) is 31.6. The Hall–Kier alpha value is -9.19. The fraction of sp³-hybridized carbons (Fsp3) is 0.104. The van der Waals surface area contributed by atoms with Crippen LogP contribution in [0.5, 0.6) is 28.7 Å². The van der Waals surface area contributed by atoms with Gasteiger partial charge in [0.15, 0.2) is 23.0 Å². The molecule has 336 valence electrons. The maximum absolute atomic E-state index is 13.7. The van der Waals surface area contributed by atoms with Gasteiger partial charge in [-0.25, -0.2) is 4.79 Å². The number of phenolic OH excluding ortho intramolecular Hbond substituents is 2. The minimum atomic E-state index is -1.42. The molecule has 0 aliphatic rings. The Morgan fingerprint density at radius 3 is 1.68 bits per heavy atom. The number of anilines is 4. The van der Waals surface area contributed by atoms with Crippen LogP contribution in [-0.4, -0.2) is 81.2 Å². The van der Waals surface area contributed by atoms with E-state index in [0.29, 0.717) is 22.5 Å². The van der Waals surface area contributed by atoms with Crippen LogP contribution in [0.2, 0.25) is 0 Å². The predicted octanol–water partition coefficient (Wildman–Crippen LogP) is 6.44. The number of carbonyl (C=O) groups is 6. The summed E-state index contributed by atoms with van der Waals surface area (Å²) in [6.07, 6.45) is 4.89. The van der Waals surface area contributed by atoms with Crippen molar-refractivity contribution in [3.63, 3.8) is 0 Å². The second-order valence-electron chi connectivity index (χ2n) is 14.4. The molecular formula is C48H42N6O12. The Kier molecular flexibility index (Phi) is 14.6. The summed E-state index contributed by atoms with van der Waals surface area (Å²) in [6.45, 7) is 1.65. The summed E-state index contributed by atoms with van der Waals surface area (Å²) in [6, 6.07) is 25.5. The SMILES string of the molecule is COc1c(NC(=O)c2ccc(NC(=O)c3ccc(NC(=O)[C@H](Cc4ccncc4)NC(=O)c4ccc(NC(=O)/C(C)=C/c5ccc(O)cc5)cc4)cc3)c(OC)c2O)ccc(C(=O)O)c1O. The van der Waals surface area contributed by atoms with E-state index in [1.54, 1.807) is 61.8 Å². The first-order valence-electron chi connectivity index (χ1n) is 19.8. The number of nitrogens with zero attached hydrogens (tertiary/aromatic N) is 1. The summed E-state index contributed by atoms with van der Waals surface area (Å²) in [4.78, 5) is 81.9. The number of aromatic carboxylic acids is 1. The number of hydrogen-bond acceptors (Lipinski definition) is 12. The average Bonchev–Trinajstić information content (AvgIpc) is 3.30. The van der Waals surface area contributed by atoms with E-state index in [1.165, 1.54) is 80.9 Å². The van der Waals surface area contributed by atoms with Crippen molar-refractivity contribution in [2.45, 2.75) is 19.4 Å². The molecule has 0 fully saturated rings. The zero-order valence-corrected chi connectivity index (χ0v) is 35.4. The van der Waals surface area contributed by atoms with E-state index in [4.69, 9.17) is 9.47 Å². The maximum Gasteiger partial charge on any atom is 0.339 e. The summed E-state index contributed by atoms with van der Waals surface area (Å²) in [5.41, 5.74) is 2.11. The summed E-state index contributed by atoms with van der Waals surface area (Å²) >= 11 is 0. The van der Waals surface area contributed by atoms with Crippen LogP contribution in [0.4, 0.5) is 22.7 Å². The van der Waals surface area contributed by atoms with Crippen LogP contribution in [0.25, 0.3) is 6.08 Å². The number of carboxylic acid groups (broad SMARTS) is 1. The van der Waals surface area contributed by atoms with E-state index in [0.717, 1.165) is 11.6 Å². The highest BCUT2D eigenvalue weighted by molar-refractivity contribution is 6.11. The third-order valence-electron chi connectivity index (χ3n) is 9.91. The lowest BCUT2D eigenvalue weighted by Crippen LogP contribution is -2.45. The molecule has 5 amide bonds. The van der Waals surface area contributed by atoms with Gasteiger partial charge >= 0.3 is 5.97 Å². The van der Waals surface area contributed by atoms with E-state index in [2.05, 4.69) is 31.6 Å². The Labute approximate surface area is 376 Å². The van der Waals surface area contributed by atoms with Gasteiger partial charge in [0.2, 0.25) is 5.91 Å². The molecule has 5 aromatic carbocycles. The molecule has 9 N–H and O–H groups in total. The molecule has 18 nitrogen and oxygen atoms in total. The molecule has 6 rings (SSSR count). The van der Waals surface area contributed by atoms with Crippen LogP contribution in [0, 0.1) is 0 Å². The van der Waals surface area contributed by atoms with E-state index in [-0.39, 0.29) is 57.6 Å². The number of phenols is 3. The predicted molar refractivity (Wildman–Crippen MR) is 243 cm³/mol. The Morgan fingerprint density at radius 1 is 0.606 bits per heavy atom. The minimum absolute atomic E-state index is 0.00160. The smallest absolute Gasteiger partial charge is 0.339 e. The number of aromatic nitrogens is 1. The highest BCUT2D eigenvalue weighted by Crippen LogP contribution is 2.40. The van der Waals surface area contributed by atoms with Crippen molar-refractivity contribution in [3.05, 3.63) is 161 Å². The lowest BCUT2D eigenvalue weighted by Gasteiger charge is -2.19. The first-order valence-corrected chi connectivity index (χ1v) is 19.8. The van der Waals surface area contributed by atoms with Crippen LogP contribution in [-0.2, 0) is 16.0 Å². The second kappa shape index (κ2) is 20.8. The Bertz CT molecular complexity index is 2830. The maximum atomic E-state index is 13.7. The minimum Gasteiger partial charge on any atom is -0.508 e. The molecule has 66 heavy (non-hydrogen) atoms. The zero-order valence-electron chi connectivity index (χ0n) is 35.4. The average molecular weight is 895 g/mol. The molecule has 0 aliphatic carbocycles. The van der Waals surface area contributed by atoms with Crippen LogP contribution < -0.4 is 36.1 Å². The number of aromatic hydroxyl groups is 3. The van der Waals surface area contributed by atoms with Crippen molar-refractivity contribution in [3.8, 4) is 28.7 Å². The third-order valence-corrected chi connectivity index (χ3v) is 9.91. The number of ether oxygens (including phenoxy) is 2. The lowest BCUT2D eigenvalue weighted by atomic mass is 10.1. The van der Waals surface area contributed by atoms with E-state index in [9.17, 15) is 49.2 Å². The number of carboxylic acids is 1. The largest absolute Gasteiger partial charge is 0.508 e. The van der Waals surface area contributed by atoms with Gasteiger partial charge in [0, 0.05) is 46.9 Å². The standard InChI is InChI=1S/C48H42N6O12/c1-26(24-27-4-14-33(55)15-5-27)43(58)50-31-10-6-30(7-11-31)45(60)54-38(25-28-20-22-49-23-21-28)47(62)51-32-12-8-29(9-13-32)44(59)52-36-18-16-34(39(56)41(36)65-2)46(61)53-37-19-17-35(48(63)64)40(57)42(37)66-3/h4-24,38,55-57H,25H2,1-3H3,(H,50,58)(H,51,62)(H,52,59)(H,53,61)(H,54,60)(H,63,64)/b26-24+/t38-/m0/s1. The number of benzene rings is 5. The van der Waals surface area contributed by atoms with Crippen molar-refractivity contribution in [1.29, 1.82) is 0 Å². The molecular weight excluding hydrogens is 853 g/mol. The molecule has 0 unspecified atom stereocenters. The number of hydrogen-bond donors (Lipinski definition) is 9. The quantitative estimate of drug-likeness (QED) is 0.0474. The molecule has 1 heterocycles. The zero-order chi connectivity index (χ0) is 47.5. The summed E-state index contributed by atoms with van der Waals surface area (Å²) < 4.78 is 10.4. The van der Waals surface area contributed by atoms with Crippen molar-refractivity contribution >= 4 is 64.3 Å². The van der Waals surface area contributed by atoms with Crippen LogP contribution in [0.3, 0.4) is 0 Å². The fourth-order valence-electron chi connectivity index (χ4n) is 6.45. The van der Waals surface area contributed by atoms with Gasteiger partial charge in [-0.15, -0.1) is 0 Å². The normalized spacial score (nSPS) is 11.3. The summed E-state index contributed by atoms with van der Waals surface area (Å²) in [5, 5.41) is 53.5. The topological polar surface area (TPSA) is 275 Å². The molecule has 0 radical (unpaired) electrons. The van der Waals surface area contributed by atoms with Crippen LogP contribution >= 0.6 is 0 Å². The van der Waals surface area contributed by atoms with Gasteiger partial charge in [0.1, 0.15) is 17.4 Å². The van der Waals surface area contributed by atoms with Crippen molar-refractivity contribution < 1.29 is 58.7 Å². The first kappa shape index (κ1) is 46.3. The molecule has 0 saturated carbocycles. The number of pyridine rings is 1. The fourth-order valence-corrected chi connectivity index (χ4v) is 6.45. The highest BCUT2D eigenvalue weighted by Gasteiger charge is 2.25. The highest BCUT2D eigenvalue weighted by atomic mass is 16.5. The summed E-state index contributed by atoms with van der Waals surface area (Å²) in [5.74, 6) is -6.26. The molecule has 6 aromatic rings. The lowest BCUT2D eigenvalue weighted by molar-refractivity contribution is -0.118. The van der Waals surface area contributed by atoms with E-state index >= 15 is 0 Å². The number of amides is 5. The van der Waals surface area contributed by atoms with Crippen LogP contribution in [0.15, 0.2) is 127 Å². The number of rotatable bonds is 16. The third kappa shape index (κ3) is 11.2. The molecule has 0 aliphatic heterocycles. The van der Waals surface area contributed by atoms with Crippen molar-refractivity contribution in [1.82, 2.24) is 10.3 Å². The number of carbonyl (C=O) groups excluding carboxylic acids is 5. The molecule has 1 atom stereocenters. The molecule has 18 heteroatoms. The second-order valence-corrected chi connectivity index (χ2v) is 14.4. The summed E-state index contributed by atoms with van der Waals surface area (Å²) in [7, 11) is 2.37. The van der Waals surface area contributed by atoms with Gasteiger partial charge in [0.05, 0.1) is 31.2 Å². The molecule has 0 spiro atoms. The van der Waals surface area contributed by atoms with Gasteiger partial charge < -0.3 is 56.5 Å². The number of methoxy groups -OCH3 is 2. The van der Waals surface area contributed by atoms with Gasteiger partial charge in [-0.3, -0.25) is 29.0 Å². The van der Waals surface area contributed by atoms with Crippen molar-refractivity contribution in [2.24, 2.45) is 0 Å². The van der Waals surface area contributed by atoms with E-state index in [1.807, 2.05) is 0 Å². The Morgan fingerprint density at radius 2 is 1.12 bits per heavy atom. The monoisotopic (exact) mass is 894 g/mol. The number of nitrogens with one attached hydrogen (secondary N) is 5. The molecule has 0 saturated heterocycles. The molecule has 0 bridgehead atoms. The van der Waals surface area contributed by atoms with Crippen molar-refractivity contribution in [2.75, 3.05) is 35.5 Å². The Balaban J connectivity index is 1.09. The van der Waals surface area contributed by atoms with Crippen LogP contribution in [0.1, 0.15) is 59.5 Å².